The van der Waals surface area contributed by atoms with Crippen LogP contribution < -0.4 is 5.32 Å². The highest BCUT2D eigenvalue weighted by Crippen LogP contribution is 2.27. The molecule has 1 aromatic heterocycles. The molecule has 29 heavy (non-hydrogen) atoms. The highest BCUT2D eigenvalue weighted by atomic mass is 19.1. The minimum absolute atomic E-state index is 0.162. The van der Waals surface area contributed by atoms with Gasteiger partial charge in [0.25, 0.3) is 0 Å². The van der Waals surface area contributed by atoms with Crippen LogP contribution in [0, 0.1) is 25.6 Å². The first-order chi connectivity index (χ1) is 13.9. The molecule has 0 bridgehead atoms. The summed E-state index contributed by atoms with van der Waals surface area (Å²) in [6.45, 7) is 5.54. The van der Waals surface area contributed by atoms with Gasteiger partial charge in [0.1, 0.15) is 5.82 Å². The van der Waals surface area contributed by atoms with Crippen LogP contribution >= 0.6 is 0 Å². The number of aryl methyl sites for hydroxylation is 1. The van der Waals surface area contributed by atoms with Gasteiger partial charge in [-0.25, -0.2) is 13.9 Å². The van der Waals surface area contributed by atoms with Crippen molar-refractivity contribution in [1.82, 2.24) is 15.1 Å². The number of rotatable bonds is 6. The van der Waals surface area contributed by atoms with E-state index in [4.69, 9.17) is 4.74 Å². The largest absolute Gasteiger partial charge is 0.464 e. The average molecular weight is 399 g/mol. The maximum atomic E-state index is 13.3. The van der Waals surface area contributed by atoms with Gasteiger partial charge in [-0.15, -0.1) is 0 Å². The Balaban J connectivity index is 1.95. The molecule has 7 heteroatoms. The topological polar surface area (TPSA) is 73.2 Å². The molecule has 1 aliphatic carbocycles. The number of esters is 1. The van der Waals surface area contributed by atoms with Gasteiger partial charge >= 0.3 is 5.97 Å². The minimum Gasteiger partial charge on any atom is -0.464 e. The van der Waals surface area contributed by atoms with Crippen LogP contribution in [0.1, 0.15) is 49.2 Å². The lowest BCUT2D eigenvalue weighted by molar-refractivity contribution is -0.148. The molecule has 6 nitrogen and oxygen atoms in total. The Morgan fingerprint density at radius 3 is 2.62 bits per heavy atom. The molecule has 1 aliphatic rings. The van der Waals surface area contributed by atoms with Crippen molar-refractivity contribution in [3.8, 4) is 5.69 Å². The summed E-state index contributed by atoms with van der Waals surface area (Å²) >= 11 is 0. The quantitative estimate of drug-likeness (QED) is 0.594. The Labute approximate surface area is 169 Å². The molecule has 1 aromatic carbocycles. The molecular weight excluding hydrogens is 373 g/mol. The maximum Gasteiger partial charge on any atom is 0.333 e. The number of halogens is 1. The van der Waals surface area contributed by atoms with Gasteiger partial charge in [0, 0.05) is 17.2 Å². The highest BCUT2D eigenvalue weighted by molar-refractivity contribution is 5.87. The van der Waals surface area contributed by atoms with Crippen molar-refractivity contribution in [3.05, 3.63) is 59.2 Å². The number of nitrogens with one attached hydrogen (secondary N) is 1. The summed E-state index contributed by atoms with van der Waals surface area (Å²) in [7, 11) is 0. The lowest BCUT2D eigenvalue weighted by Gasteiger charge is -2.22. The standard InChI is InChI=1S/C22H26FN3O3/c1-4-29-22(28)20(24-21(27)16-8-6-5-7-9-16)19-14(2)25-26(15(19)3)18-12-10-17(23)11-13-18/h5-6,10-13,16,20H,4,7-9H2,1-3H3,(H,24,27)/t16-,20+/m0/s1. The molecule has 0 unspecified atom stereocenters. The van der Waals surface area contributed by atoms with Gasteiger partial charge in [0.05, 0.1) is 18.0 Å². The smallest absolute Gasteiger partial charge is 0.333 e. The molecule has 1 heterocycles. The number of allylic oxidation sites excluding steroid dienone is 2. The minimum atomic E-state index is -0.942. The van der Waals surface area contributed by atoms with Gasteiger partial charge < -0.3 is 10.1 Å². The van der Waals surface area contributed by atoms with E-state index in [9.17, 15) is 14.0 Å². The van der Waals surface area contributed by atoms with Crippen LogP contribution in [-0.4, -0.2) is 28.3 Å². The lowest BCUT2D eigenvalue weighted by atomic mass is 9.93. The highest BCUT2D eigenvalue weighted by Gasteiger charge is 2.32. The van der Waals surface area contributed by atoms with Crippen molar-refractivity contribution in [2.45, 2.75) is 46.1 Å². The first-order valence-corrected chi connectivity index (χ1v) is 9.86. The van der Waals surface area contributed by atoms with Crippen LogP contribution in [0.25, 0.3) is 5.69 Å². The second kappa shape index (κ2) is 9.03. The van der Waals surface area contributed by atoms with Crippen molar-refractivity contribution in [2.24, 2.45) is 5.92 Å². The predicted molar refractivity (Wildman–Crippen MR) is 107 cm³/mol. The Morgan fingerprint density at radius 2 is 2.00 bits per heavy atom. The number of ether oxygens (including phenoxy) is 1. The summed E-state index contributed by atoms with van der Waals surface area (Å²) in [4.78, 5) is 25.5. The van der Waals surface area contributed by atoms with Crippen molar-refractivity contribution in [1.29, 1.82) is 0 Å². The van der Waals surface area contributed by atoms with Gasteiger partial charge in [-0.3, -0.25) is 4.79 Å². The summed E-state index contributed by atoms with van der Waals surface area (Å²) < 4.78 is 20.2. The van der Waals surface area contributed by atoms with Gasteiger partial charge in [0.15, 0.2) is 6.04 Å². The van der Waals surface area contributed by atoms with Gasteiger partial charge in [0.2, 0.25) is 5.91 Å². The molecule has 0 radical (unpaired) electrons. The number of hydrogen-bond acceptors (Lipinski definition) is 4. The van der Waals surface area contributed by atoms with Crippen LogP contribution in [-0.2, 0) is 14.3 Å². The molecule has 0 saturated carbocycles. The summed E-state index contributed by atoms with van der Waals surface area (Å²) in [5, 5.41) is 7.40. The fourth-order valence-electron chi connectivity index (χ4n) is 3.67. The third-order valence-electron chi connectivity index (χ3n) is 5.16. The third-order valence-corrected chi connectivity index (χ3v) is 5.16. The van der Waals surface area contributed by atoms with E-state index in [2.05, 4.69) is 16.5 Å². The Kier molecular flexibility index (Phi) is 6.46. The molecule has 1 amide bonds. The number of nitrogens with zero attached hydrogens (tertiary/aromatic N) is 2. The molecule has 1 N–H and O–H groups in total. The van der Waals surface area contributed by atoms with Gasteiger partial charge in [-0.1, -0.05) is 12.2 Å². The van der Waals surface area contributed by atoms with Crippen LogP contribution in [0.15, 0.2) is 36.4 Å². The van der Waals surface area contributed by atoms with Crippen LogP contribution in [0.5, 0.6) is 0 Å². The molecular formula is C22H26FN3O3. The third kappa shape index (κ3) is 4.55. The molecule has 2 aromatic rings. The molecule has 0 saturated heterocycles. The van der Waals surface area contributed by atoms with Crippen LogP contribution in [0.2, 0.25) is 0 Å². The van der Waals surface area contributed by atoms with E-state index in [0.717, 1.165) is 12.8 Å². The van der Waals surface area contributed by atoms with Gasteiger partial charge in [-0.05, 0) is 64.3 Å². The number of amides is 1. The van der Waals surface area contributed by atoms with Crippen molar-refractivity contribution in [3.63, 3.8) is 0 Å². The summed E-state index contributed by atoms with van der Waals surface area (Å²) in [5.41, 5.74) is 2.57. The zero-order valence-electron chi connectivity index (χ0n) is 16.9. The SMILES string of the molecule is CCOC(=O)[C@H](NC(=O)[C@H]1CC=CCC1)c1c(C)nn(-c2ccc(F)cc2)c1C. The number of carbonyl (C=O) groups excluding carboxylic acids is 2. The van der Waals surface area contributed by atoms with E-state index in [1.807, 2.05) is 13.0 Å². The van der Waals surface area contributed by atoms with Gasteiger partial charge in [-0.2, -0.15) is 5.10 Å². The molecule has 3 rings (SSSR count). The molecule has 0 fully saturated rings. The molecule has 2 atom stereocenters. The first-order valence-electron chi connectivity index (χ1n) is 9.86. The summed E-state index contributed by atoms with van der Waals surface area (Å²) in [5.74, 6) is -1.18. The van der Waals surface area contributed by atoms with Crippen molar-refractivity contribution in [2.75, 3.05) is 6.61 Å². The first kappa shape index (κ1) is 20.8. The summed E-state index contributed by atoms with van der Waals surface area (Å²) in [6.07, 6.45) is 6.32. The molecule has 154 valence electrons. The fraction of sp³-hybridized carbons (Fsp3) is 0.409. The Hall–Kier alpha value is -2.96. The summed E-state index contributed by atoms with van der Waals surface area (Å²) in [6, 6.07) is 5.00. The second-order valence-corrected chi connectivity index (χ2v) is 7.15. The zero-order chi connectivity index (χ0) is 21.0. The molecule has 0 aliphatic heterocycles. The van der Waals surface area contributed by atoms with E-state index in [1.54, 1.807) is 30.7 Å². The fourth-order valence-corrected chi connectivity index (χ4v) is 3.67. The lowest BCUT2D eigenvalue weighted by Crippen LogP contribution is -2.39. The maximum absolute atomic E-state index is 13.3. The van der Waals surface area contributed by atoms with E-state index in [-0.39, 0.29) is 24.2 Å². The number of hydrogen-bond donors (Lipinski definition) is 1. The van der Waals surface area contributed by atoms with E-state index < -0.39 is 12.0 Å². The van der Waals surface area contributed by atoms with E-state index in [1.165, 1.54) is 12.1 Å². The van der Waals surface area contributed by atoms with E-state index >= 15 is 0 Å². The number of benzene rings is 1. The monoisotopic (exact) mass is 399 g/mol. The van der Waals surface area contributed by atoms with E-state index in [0.29, 0.717) is 29.1 Å². The second-order valence-electron chi connectivity index (χ2n) is 7.15. The average Bonchev–Trinajstić information content (AvgIpc) is 3.01. The zero-order valence-corrected chi connectivity index (χ0v) is 16.9. The van der Waals surface area contributed by atoms with Crippen molar-refractivity contribution < 1.29 is 18.7 Å². The van der Waals surface area contributed by atoms with Crippen LogP contribution in [0.3, 0.4) is 0 Å². The molecule has 0 spiro atoms. The van der Waals surface area contributed by atoms with Crippen LogP contribution in [0.4, 0.5) is 4.39 Å². The predicted octanol–water partition coefficient (Wildman–Crippen LogP) is 3.70. The Bertz CT molecular complexity index is 918. The normalized spacial score (nSPS) is 17.0. The number of aromatic nitrogens is 2. The number of carbonyl (C=O) groups is 2. The van der Waals surface area contributed by atoms with Crippen molar-refractivity contribution >= 4 is 11.9 Å². The Morgan fingerprint density at radius 1 is 1.28 bits per heavy atom.